The third-order valence-electron chi connectivity index (χ3n) is 10.7. The summed E-state index contributed by atoms with van der Waals surface area (Å²) < 4.78 is 0. The molecule has 2 aromatic heterocycles. The standard InChI is InChI=1S/C46H52N12/c1-31-29-39(51-45-55-41(47-35-15-7-3-8-16-35)53-42(56-45)48-36-17-9-4-10-18-36)27-25-33(31)23-24-34-26-28-40(30-32(34)2)52-46-57-43(49-37-19-11-5-12-20-37)54-44(58-46)50-38-21-13-6-14-22-38/h3,5,7-8,11-12,15-16,19-20,23-30,36,38H,4,6,9-10,13-14,17-18,21-22H2,1-2H3,(H3,47,48,51,53,55,56)(H3,49,50,52,54,57,58). The molecule has 58 heavy (non-hydrogen) atoms. The first-order valence-corrected chi connectivity index (χ1v) is 20.6. The normalized spacial score (nSPS) is 14.9. The minimum Gasteiger partial charge on any atom is -0.351 e. The molecule has 2 fully saturated rings. The zero-order valence-corrected chi connectivity index (χ0v) is 33.3. The Hall–Kier alpha value is -6.56. The highest BCUT2D eigenvalue weighted by molar-refractivity contribution is 5.75. The Morgan fingerprint density at radius 2 is 0.741 bits per heavy atom. The maximum absolute atomic E-state index is 4.76. The van der Waals surface area contributed by atoms with Gasteiger partial charge in [-0.2, -0.15) is 29.9 Å². The largest absolute Gasteiger partial charge is 0.351 e. The lowest BCUT2D eigenvalue weighted by Crippen LogP contribution is -2.24. The Morgan fingerprint density at radius 3 is 1.10 bits per heavy atom. The van der Waals surface area contributed by atoms with Gasteiger partial charge in [0.25, 0.3) is 0 Å². The zero-order chi connectivity index (χ0) is 39.5. The number of anilines is 10. The Balaban J connectivity index is 0.949. The molecule has 0 amide bonds. The summed E-state index contributed by atoms with van der Waals surface area (Å²) in [4.78, 5) is 28.4. The van der Waals surface area contributed by atoms with E-state index in [-0.39, 0.29) is 0 Å². The highest BCUT2D eigenvalue weighted by atomic mass is 15.3. The van der Waals surface area contributed by atoms with Crippen molar-refractivity contribution in [2.75, 3.05) is 31.9 Å². The molecule has 2 aliphatic carbocycles. The first-order chi connectivity index (χ1) is 28.5. The summed E-state index contributed by atoms with van der Waals surface area (Å²) in [6, 6.07) is 33.2. The Kier molecular flexibility index (Phi) is 12.3. The monoisotopic (exact) mass is 772 g/mol. The van der Waals surface area contributed by atoms with Gasteiger partial charge in [0, 0.05) is 34.8 Å². The van der Waals surface area contributed by atoms with Crippen LogP contribution in [-0.4, -0.2) is 42.0 Å². The maximum Gasteiger partial charge on any atom is 0.233 e. The van der Waals surface area contributed by atoms with Crippen LogP contribution >= 0.6 is 0 Å². The molecule has 0 aliphatic heterocycles. The van der Waals surface area contributed by atoms with Gasteiger partial charge in [0.05, 0.1) is 0 Å². The van der Waals surface area contributed by atoms with Crippen molar-refractivity contribution in [3.63, 3.8) is 0 Å². The second kappa shape index (κ2) is 18.6. The fourth-order valence-electron chi connectivity index (χ4n) is 7.58. The van der Waals surface area contributed by atoms with E-state index in [1.54, 1.807) is 0 Å². The Labute approximate surface area is 340 Å². The summed E-state index contributed by atoms with van der Waals surface area (Å²) in [5.41, 5.74) is 8.13. The first kappa shape index (κ1) is 38.3. The second-order valence-electron chi connectivity index (χ2n) is 15.3. The number of hydrogen-bond acceptors (Lipinski definition) is 12. The Bertz CT molecular complexity index is 2140. The third-order valence-corrected chi connectivity index (χ3v) is 10.7. The molecule has 6 aromatic rings. The summed E-state index contributed by atoms with van der Waals surface area (Å²) in [5.74, 6) is 3.09. The van der Waals surface area contributed by atoms with Crippen molar-refractivity contribution >= 4 is 70.6 Å². The first-order valence-electron chi connectivity index (χ1n) is 20.6. The molecule has 2 saturated carbocycles. The molecule has 0 unspecified atom stereocenters. The van der Waals surface area contributed by atoms with E-state index in [1.165, 1.54) is 38.5 Å². The van der Waals surface area contributed by atoms with E-state index in [2.05, 4.69) is 94.3 Å². The van der Waals surface area contributed by atoms with Gasteiger partial charge in [-0.1, -0.05) is 99.2 Å². The van der Waals surface area contributed by atoms with Gasteiger partial charge in [0.2, 0.25) is 35.7 Å². The van der Waals surface area contributed by atoms with Gasteiger partial charge in [0.1, 0.15) is 0 Å². The second-order valence-corrected chi connectivity index (χ2v) is 15.3. The maximum atomic E-state index is 4.76. The topological polar surface area (TPSA) is 150 Å². The van der Waals surface area contributed by atoms with Crippen LogP contribution in [0.4, 0.5) is 58.4 Å². The third kappa shape index (κ3) is 10.6. The van der Waals surface area contributed by atoms with E-state index in [0.717, 1.165) is 70.7 Å². The van der Waals surface area contributed by atoms with Crippen molar-refractivity contribution in [2.24, 2.45) is 0 Å². The number of nitrogens with zero attached hydrogens (tertiary/aromatic N) is 6. The van der Waals surface area contributed by atoms with E-state index >= 15 is 0 Å². The van der Waals surface area contributed by atoms with Crippen molar-refractivity contribution in [2.45, 2.75) is 90.1 Å². The fourth-order valence-corrected chi connectivity index (χ4v) is 7.58. The minimum atomic E-state index is 0.366. The van der Waals surface area contributed by atoms with E-state index in [0.29, 0.717) is 47.8 Å². The number of benzene rings is 4. The Morgan fingerprint density at radius 1 is 0.397 bits per heavy atom. The van der Waals surface area contributed by atoms with Crippen LogP contribution in [0.1, 0.15) is 86.5 Å². The van der Waals surface area contributed by atoms with Gasteiger partial charge in [-0.15, -0.1) is 0 Å². The van der Waals surface area contributed by atoms with Crippen molar-refractivity contribution in [3.05, 3.63) is 119 Å². The van der Waals surface area contributed by atoms with Gasteiger partial charge in [-0.3, -0.25) is 0 Å². The number of aryl methyl sites for hydroxylation is 2. The van der Waals surface area contributed by atoms with Crippen molar-refractivity contribution in [3.8, 4) is 0 Å². The van der Waals surface area contributed by atoms with Crippen molar-refractivity contribution in [1.29, 1.82) is 0 Å². The summed E-state index contributed by atoms with van der Waals surface area (Å²) >= 11 is 0. The molecule has 296 valence electrons. The average Bonchev–Trinajstić information content (AvgIpc) is 3.22. The number of rotatable bonds is 14. The number of aromatic nitrogens is 6. The van der Waals surface area contributed by atoms with Crippen LogP contribution in [0.15, 0.2) is 97.1 Å². The van der Waals surface area contributed by atoms with Gasteiger partial charge < -0.3 is 31.9 Å². The van der Waals surface area contributed by atoms with E-state index in [4.69, 9.17) is 29.9 Å². The lowest BCUT2D eigenvalue weighted by Gasteiger charge is -2.23. The predicted octanol–water partition coefficient (Wildman–Crippen LogP) is 11.3. The highest BCUT2D eigenvalue weighted by Gasteiger charge is 2.18. The summed E-state index contributed by atoms with van der Waals surface area (Å²) in [6.45, 7) is 4.23. The van der Waals surface area contributed by atoms with Crippen LogP contribution in [0.5, 0.6) is 0 Å². The molecular weight excluding hydrogens is 721 g/mol. The molecular formula is C46H52N12. The molecule has 0 spiro atoms. The van der Waals surface area contributed by atoms with Gasteiger partial charge >= 0.3 is 0 Å². The molecule has 8 rings (SSSR count). The molecule has 6 N–H and O–H groups in total. The number of para-hydroxylation sites is 2. The number of hydrogen-bond donors (Lipinski definition) is 6. The van der Waals surface area contributed by atoms with Crippen LogP contribution in [0, 0.1) is 13.8 Å². The molecule has 0 bridgehead atoms. The SMILES string of the molecule is Cc1cc(Nc2nc(Nc3ccccc3)nc(NC3CCCCC3)n2)ccc1C=Cc1ccc(Nc2nc(Nc3ccccc3)nc(NC3CCCCC3)n2)cc1C. The molecule has 0 radical (unpaired) electrons. The minimum absolute atomic E-state index is 0.366. The van der Waals surface area contributed by atoms with Crippen LogP contribution in [0.3, 0.4) is 0 Å². The molecule has 4 aromatic carbocycles. The van der Waals surface area contributed by atoms with Gasteiger partial charge in [0.15, 0.2) is 0 Å². The quantitative estimate of drug-likeness (QED) is 0.0585. The van der Waals surface area contributed by atoms with Crippen LogP contribution in [0.2, 0.25) is 0 Å². The highest BCUT2D eigenvalue weighted by Crippen LogP contribution is 2.27. The van der Waals surface area contributed by atoms with Gasteiger partial charge in [-0.05, 0) is 110 Å². The number of nitrogens with one attached hydrogen (secondary N) is 6. The predicted molar refractivity (Wildman–Crippen MR) is 238 cm³/mol. The summed E-state index contributed by atoms with van der Waals surface area (Å²) in [6.07, 6.45) is 16.3. The van der Waals surface area contributed by atoms with Gasteiger partial charge in [-0.25, -0.2) is 0 Å². The molecule has 0 atom stereocenters. The van der Waals surface area contributed by atoms with Crippen molar-refractivity contribution in [1.82, 2.24) is 29.9 Å². The molecule has 2 heterocycles. The van der Waals surface area contributed by atoms with Crippen LogP contribution in [-0.2, 0) is 0 Å². The average molecular weight is 773 g/mol. The molecule has 12 heteroatoms. The lowest BCUT2D eigenvalue weighted by atomic mass is 9.96. The van der Waals surface area contributed by atoms with E-state index in [9.17, 15) is 0 Å². The fraction of sp³-hybridized carbons (Fsp3) is 0.304. The molecule has 2 aliphatic rings. The molecule has 0 saturated heterocycles. The van der Waals surface area contributed by atoms with Crippen LogP contribution in [0.25, 0.3) is 12.2 Å². The lowest BCUT2D eigenvalue weighted by molar-refractivity contribution is 0.461. The smallest absolute Gasteiger partial charge is 0.233 e. The van der Waals surface area contributed by atoms with E-state index in [1.807, 2.05) is 60.7 Å². The van der Waals surface area contributed by atoms with E-state index < -0.39 is 0 Å². The zero-order valence-electron chi connectivity index (χ0n) is 33.3. The molecule has 12 nitrogen and oxygen atoms in total. The van der Waals surface area contributed by atoms with Crippen molar-refractivity contribution < 1.29 is 0 Å². The summed E-state index contributed by atoms with van der Waals surface area (Å²) in [7, 11) is 0. The van der Waals surface area contributed by atoms with Crippen LogP contribution < -0.4 is 31.9 Å². The summed E-state index contributed by atoms with van der Waals surface area (Å²) in [5, 5.41) is 20.7.